The van der Waals surface area contributed by atoms with E-state index >= 15 is 0 Å². The van der Waals surface area contributed by atoms with Crippen molar-refractivity contribution < 1.29 is 13.2 Å². The normalized spacial score (nSPS) is 12.7. The summed E-state index contributed by atoms with van der Waals surface area (Å²) in [4.78, 5) is 3.30. The van der Waals surface area contributed by atoms with Crippen LogP contribution in [0.3, 0.4) is 0 Å². The van der Waals surface area contributed by atoms with Gasteiger partial charge in [0.2, 0.25) is 10.0 Å². The summed E-state index contributed by atoms with van der Waals surface area (Å²) in [7, 11) is -1.79. The van der Waals surface area contributed by atoms with Crippen molar-refractivity contribution in [2.24, 2.45) is 0 Å². The molecule has 1 heterocycles. The second-order valence-corrected chi connectivity index (χ2v) is 9.44. The number of para-hydroxylation sites is 1. The van der Waals surface area contributed by atoms with Crippen molar-refractivity contribution in [1.82, 2.24) is 9.71 Å². The number of aryl methyl sites for hydroxylation is 1. The zero-order valence-corrected chi connectivity index (χ0v) is 18.2. The van der Waals surface area contributed by atoms with Gasteiger partial charge in [0.15, 0.2) is 0 Å². The Balaban J connectivity index is 1.57. The third kappa shape index (κ3) is 5.16. The number of H-pyrrole nitrogens is 1. The molecule has 0 radical (unpaired) electrons. The van der Waals surface area contributed by atoms with Crippen molar-refractivity contribution in [3.05, 3.63) is 102 Å². The van der Waals surface area contributed by atoms with Crippen molar-refractivity contribution in [3.8, 4) is 5.75 Å². The minimum absolute atomic E-state index is 0.0558. The monoisotopic (exact) mass is 434 g/mol. The molecule has 0 aliphatic heterocycles. The molecule has 0 saturated carbocycles. The van der Waals surface area contributed by atoms with Gasteiger partial charge in [0.05, 0.1) is 12.9 Å². The zero-order valence-electron chi connectivity index (χ0n) is 17.4. The van der Waals surface area contributed by atoms with Gasteiger partial charge in [0, 0.05) is 29.6 Å². The van der Waals surface area contributed by atoms with Gasteiger partial charge in [-0.1, -0.05) is 60.7 Å². The fraction of sp³-hybridized carbons (Fsp3) is 0.200. The molecule has 160 valence electrons. The minimum Gasteiger partial charge on any atom is -0.497 e. The highest BCUT2D eigenvalue weighted by molar-refractivity contribution is 7.89. The summed E-state index contributed by atoms with van der Waals surface area (Å²) in [6.07, 6.45) is 2.45. The lowest BCUT2D eigenvalue weighted by Crippen LogP contribution is -2.31. The second kappa shape index (κ2) is 9.37. The molecule has 0 fully saturated rings. The van der Waals surface area contributed by atoms with Gasteiger partial charge in [0.25, 0.3) is 0 Å². The average Bonchev–Trinajstić information content (AvgIpc) is 3.23. The van der Waals surface area contributed by atoms with E-state index in [1.807, 2.05) is 79.0 Å². The van der Waals surface area contributed by atoms with Crippen LogP contribution < -0.4 is 9.46 Å². The molecule has 4 rings (SSSR count). The van der Waals surface area contributed by atoms with E-state index in [0.29, 0.717) is 6.42 Å². The van der Waals surface area contributed by atoms with E-state index in [-0.39, 0.29) is 18.2 Å². The molecule has 1 atom stereocenters. The highest BCUT2D eigenvalue weighted by atomic mass is 32.2. The summed E-state index contributed by atoms with van der Waals surface area (Å²) >= 11 is 0. The van der Waals surface area contributed by atoms with Gasteiger partial charge in [-0.05, 0) is 41.3 Å². The van der Waals surface area contributed by atoms with Crippen LogP contribution in [-0.4, -0.2) is 32.8 Å². The Labute approximate surface area is 183 Å². The van der Waals surface area contributed by atoms with E-state index in [1.54, 1.807) is 7.11 Å². The van der Waals surface area contributed by atoms with Crippen LogP contribution >= 0.6 is 0 Å². The number of nitrogens with one attached hydrogen (secondary N) is 2. The van der Waals surface area contributed by atoms with E-state index in [9.17, 15) is 8.42 Å². The first-order chi connectivity index (χ1) is 15.1. The molecule has 31 heavy (non-hydrogen) atoms. The molecule has 0 spiro atoms. The summed E-state index contributed by atoms with van der Waals surface area (Å²) in [6.45, 7) is 0.283. The van der Waals surface area contributed by atoms with E-state index in [4.69, 9.17) is 4.74 Å². The van der Waals surface area contributed by atoms with Crippen LogP contribution in [0.25, 0.3) is 10.9 Å². The Bertz CT molecular complexity index is 1230. The van der Waals surface area contributed by atoms with E-state index in [1.165, 1.54) is 0 Å². The largest absolute Gasteiger partial charge is 0.497 e. The number of sulfonamides is 1. The minimum atomic E-state index is -3.42. The van der Waals surface area contributed by atoms with E-state index < -0.39 is 10.0 Å². The molecule has 6 heteroatoms. The maximum atomic E-state index is 12.7. The number of hydrogen-bond donors (Lipinski definition) is 2. The molecule has 0 aliphatic rings. The average molecular weight is 435 g/mol. The zero-order chi connectivity index (χ0) is 21.7. The van der Waals surface area contributed by atoms with Gasteiger partial charge in [-0.2, -0.15) is 0 Å². The number of ether oxygens (including phenoxy) is 1. The Hall–Kier alpha value is -3.09. The van der Waals surface area contributed by atoms with Crippen molar-refractivity contribution in [2.45, 2.75) is 12.3 Å². The van der Waals surface area contributed by atoms with Crippen molar-refractivity contribution in [2.75, 3.05) is 19.4 Å². The van der Waals surface area contributed by atoms with Gasteiger partial charge in [-0.15, -0.1) is 0 Å². The Morgan fingerprint density at radius 2 is 1.65 bits per heavy atom. The number of hydrogen-bond acceptors (Lipinski definition) is 3. The highest BCUT2D eigenvalue weighted by Crippen LogP contribution is 2.31. The molecule has 4 aromatic rings. The standard InChI is InChI=1S/C25H26N2O3S/c1-30-21-13-11-20(12-14-21)23(24-17-26-25-10-6-5-9-22(24)25)18-27-31(28,29)16-15-19-7-3-2-4-8-19/h2-14,17,23,26-27H,15-16,18H2,1H3. The van der Waals surface area contributed by atoms with E-state index in [2.05, 4.69) is 15.8 Å². The summed E-state index contributed by atoms with van der Waals surface area (Å²) in [5.74, 6) is 0.693. The lowest BCUT2D eigenvalue weighted by Gasteiger charge is -2.19. The maximum Gasteiger partial charge on any atom is 0.211 e. The molecule has 0 bridgehead atoms. The molecular weight excluding hydrogens is 408 g/mol. The number of aromatic amines is 1. The first-order valence-corrected chi connectivity index (χ1v) is 11.9. The van der Waals surface area contributed by atoms with Gasteiger partial charge in [-0.3, -0.25) is 0 Å². The van der Waals surface area contributed by atoms with Crippen molar-refractivity contribution >= 4 is 20.9 Å². The predicted octanol–water partition coefficient (Wildman–Crippen LogP) is 4.47. The van der Waals surface area contributed by atoms with Crippen LogP contribution in [0.5, 0.6) is 5.75 Å². The number of methoxy groups -OCH3 is 1. The van der Waals surface area contributed by atoms with Crippen LogP contribution in [-0.2, 0) is 16.4 Å². The first kappa shape index (κ1) is 21.2. The second-order valence-electron chi connectivity index (χ2n) is 7.52. The summed E-state index contributed by atoms with van der Waals surface area (Å²) in [6, 6.07) is 25.5. The fourth-order valence-corrected chi connectivity index (χ4v) is 4.87. The third-order valence-electron chi connectivity index (χ3n) is 5.52. The first-order valence-electron chi connectivity index (χ1n) is 10.3. The van der Waals surface area contributed by atoms with E-state index in [0.717, 1.165) is 33.3 Å². The molecule has 5 nitrogen and oxygen atoms in total. The van der Waals surface area contributed by atoms with Gasteiger partial charge >= 0.3 is 0 Å². The molecule has 2 N–H and O–H groups in total. The molecule has 0 amide bonds. The van der Waals surface area contributed by atoms with Crippen LogP contribution in [0.15, 0.2) is 85.1 Å². The lowest BCUT2D eigenvalue weighted by atomic mass is 9.91. The maximum absolute atomic E-state index is 12.7. The number of aromatic nitrogens is 1. The Morgan fingerprint density at radius 3 is 2.39 bits per heavy atom. The number of rotatable bonds is 9. The molecule has 1 unspecified atom stereocenters. The van der Waals surface area contributed by atoms with Gasteiger partial charge < -0.3 is 9.72 Å². The predicted molar refractivity (Wildman–Crippen MR) is 125 cm³/mol. The fourth-order valence-electron chi connectivity index (χ4n) is 3.81. The highest BCUT2D eigenvalue weighted by Gasteiger charge is 2.21. The summed E-state index contributed by atoms with van der Waals surface area (Å²) in [5, 5.41) is 1.09. The SMILES string of the molecule is COc1ccc(C(CNS(=O)(=O)CCc2ccccc2)c2c[nH]c3ccccc23)cc1. The quantitative estimate of drug-likeness (QED) is 0.408. The topological polar surface area (TPSA) is 71.2 Å². The van der Waals surface area contributed by atoms with Gasteiger partial charge in [0.1, 0.15) is 5.75 Å². The third-order valence-corrected chi connectivity index (χ3v) is 6.87. The molecule has 1 aromatic heterocycles. The smallest absolute Gasteiger partial charge is 0.211 e. The van der Waals surface area contributed by atoms with Crippen molar-refractivity contribution in [1.29, 1.82) is 0 Å². The Kier molecular flexibility index (Phi) is 6.39. The molecule has 0 saturated heterocycles. The molecular formula is C25H26N2O3S. The van der Waals surface area contributed by atoms with Crippen molar-refractivity contribution in [3.63, 3.8) is 0 Å². The van der Waals surface area contributed by atoms with Crippen LogP contribution in [0.1, 0.15) is 22.6 Å². The lowest BCUT2D eigenvalue weighted by molar-refractivity contribution is 0.414. The molecule has 3 aromatic carbocycles. The summed E-state index contributed by atoms with van der Waals surface area (Å²) in [5.41, 5.74) is 4.13. The van der Waals surface area contributed by atoms with Gasteiger partial charge in [-0.25, -0.2) is 13.1 Å². The molecule has 0 aliphatic carbocycles. The van der Waals surface area contributed by atoms with Crippen LogP contribution in [0, 0.1) is 0 Å². The number of fused-ring (bicyclic) bond motifs is 1. The van der Waals surface area contributed by atoms with Crippen LogP contribution in [0.4, 0.5) is 0 Å². The summed E-state index contributed by atoms with van der Waals surface area (Å²) < 4.78 is 33.6. The van der Waals surface area contributed by atoms with Crippen LogP contribution in [0.2, 0.25) is 0 Å². The Morgan fingerprint density at radius 1 is 0.935 bits per heavy atom. The number of benzene rings is 3.